The minimum Gasteiger partial charge on any atom is -0.330 e. The Bertz CT molecular complexity index is 150. The first-order valence-electron chi connectivity index (χ1n) is 5.42. The Morgan fingerprint density at radius 3 is 2.31 bits per heavy atom. The molecule has 1 aliphatic carbocycles. The third kappa shape index (κ3) is 2.67. The van der Waals surface area contributed by atoms with Gasteiger partial charge in [0.05, 0.1) is 0 Å². The molecule has 2 heteroatoms. The molecule has 1 atom stereocenters. The SMILES string of the molecule is CC(C)(CN)C(F)C1CCCCC1. The summed E-state index contributed by atoms with van der Waals surface area (Å²) < 4.78 is 14.0. The van der Waals surface area contributed by atoms with Gasteiger partial charge in [-0.1, -0.05) is 33.1 Å². The highest BCUT2D eigenvalue weighted by molar-refractivity contribution is 4.85. The zero-order chi connectivity index (χ0) is 9.90. The summed E-state index contributed by atoms with van der Waals surface area (Å²) in [6, 6.07) is 0. The molecule has 2 N–H and O–H groups in total. The quantitative estimate of drug-likeness (QED) is 0.722. The van der Waals surface area contributed by atoms with E-state index in [0.29, 0.717) is 6.54 Å². The van der Waals surface area contributed by atoms with E-state index in [-0.39, 0.29) is 11.3 Å². The highest BCUT2D eigenvalue weighted by Crippen LogP contribution is 2.36. The van der Waals surface area contributed by atoms with Crippen LogP contribution in [0.5, 0.6) is 0 Å². The predicted octanol–water partition coefficient (Wildman–Crippen LogP) is 2.89. The molecule has 1 saturated carbocycles. The highest BCUT2D eigenvalue weighted by Gasteiger charge is 2.35. The van der Waals surface area contributed by atoms with Crippen LogP contribution in [0.2, 0.25) is 0 Å². The maximum absolute atomic E-state index is 14.0. The minimum atomic E-state index is -0.710. The van der Waals surface area contributed by atoms with E-state index in [0.717, 1.165) is 12.8 Å². The van der Waals surface area contributed by atoms with Crippen LogP contribution in [0.15, 0.2) is 0 Å². The molecular weight excluding hydrogens is 165 g/mol. The molecule has 0 bridgehead atoms. The second kappa shape index (κ2) is 4.41. The summed E-state index contributed by atoms with van der Waals surface area (Å²) in [5, 5.41) is 0. The molecule has 1 unspecified atom stereocenters. The molecule has 1 nitrogen and oxygen atoms in total. The maximum atomic E-state index is 14.0. The van der Waals surface area contributed by atoms with Crippen LogP contribution < -0.4 is 5.73 Å². The van der Waals surface area contributed by atoms with Gasteiger partial charge >= 0.3 is 0 Å². The van der Waals surface area contributed by atoms with Crippen molar-refractivity contribution >= 4 is 0 Å². The topological polar surface area (TPSA) is 26.0 Å². The van der Waals surface area contributed by atoms with Gasteiger partial charge in [0.25, 0.3) is 0 Å². The number of hydrogen-bond acceptors (Lipinski definition) is 1. The largest absolute Gasteiger partial charge is 0.330 e. The van der Waals surface area contributed by atoms with E-state index in [2.05, 4.69) is 0 Å². The first-order chi connectivity index (χ1) is 6.08. The van der Waals surface area contributed by atoms with Crippen molar-refractivity contribution < 1.29 is 4.39 Å². The number of hydrogen-bond donors (Lipinski definition) is 1. The Kier molecular flexibility index (Phi) is 3.72. The van der Waals surface area contributed by atoms with Gasteiger partial charge < -0.3 is 5.73 Å². The van der Waals surface area contributed by atoms with Crippen molar-refractivity contribution in [3.8, 4) is 0 Å². The van der Waals surface area contributed by atoms with Crippen molar-refractivity contribution in [2.45, 2.75) is 52.1 Å². The molecule has 0 saturated heterocycles. The normalized spacial score (nSPS) is 23.1. The third-order valence-corrected chi connectivity index (χ3v) is 3.34. The van der Waals surface area contributed by atoms with E-state index in [1.54, 1.807) is 0 Å². The van der Waals surface area contributed by atoms with Gasteiger partial charge in [-0.25, -0.2) is 4.39 Å². The van der Waals surface area contributed by atoms with Crippen molar-refractivity contribution in [1.29, 1.82) is 0 Å². The Balaban J connectivity index is 2.49. The van der Waals surface area contributed by atoms with Gasteiger partial charge in [0.2, 0.25) is 0 Å². The summed E-state index contributed by atoms with van der Waals surface area (Å²) in [6.07, 6.45) is 5.09. The minimum absolute atomic E-state index is 0.271. The summed E-state index contributed by atoms with van der Waals surface area (Å²) in [7, 11) is 0. The molecule has 0 amide bonds. The molecule has 1 aliphatic rings. The molecule has 0 aromatic carbocycles. The van der Waals surface area contributed by atoms with Crippen molar-refractivity contribution in [3.63, 3.8) is 0 Å². The van der Waals surface area contributed by atoms with Gasteiger partial charge in [0.1, 0.15) is 6.17 Å². The lowest BCUT2D eigenvalue weighted by atomic mass is 9.75. The van der Waals surface area contributed by atoms with E-state index < -0.39 is 6.17 Å². The van der Waals surface area contributed by atoms with Gasteiger partial charge in [-0.3, -0.25) is 0 Å². The molecule has 78 valence electrons. The Labute approximate surface area is 80.9 Å². The molecule has 0 radical (unpaired) electrons. The van der Waals surface area contributed by atoms with Crippen LogP contribution in [0.1, 0.15) is 46.0 Å². The summed E-state index contributed by atoms with van der Waals surface area (Å²) in [4.78, 5) is 0. The Hall–Kier alpha value is -0.110. The van der Waals surface area contributed by atoms with E-state index in [9.17, 15) is 4.39 Å². The van der Waals surface area contributed by atoms with Crippen LogP contribution in [0.25, 0.3) is 0 Å². The van der Waals surface area contributed by atoms with Crippen LogP contribution in [0, 0.1) is 11.3 Å². The summed E-state index contributed by atoms with van der Waals surface area (Å²) >= 11 is 0. The van der Waals surface area contributed by atoms with Crippen molar-refractivity contribution in [3.05, 3.63) is 0 Å². The Morgan fingerprint density at radius 2 is 1.85 bits per heavy atom. The van der Waals surface area contributed by atoms with Gasteiger partial charge in [-0.05, 0) is 18.8 Å². The van der Waals surface area contributed by atoms with E-state index in [4.69, 9.17) is 5.73 Å². The van der Waals surface area contributed by atoms with Gasteiger partial charge in [0, 0.05) is 12.0 Å². The molecular formula is C11H22FN. The van der Waals surface area contributed by atoms with E-state index in [1.807, 2.05) is 13.8 Å². The van der Waals surface area contributed by atoms with Crippen LogP contribution >= 0.6 is 0 Å². The molecule has 0 heterocycles. The molecule has 0 aromatic heterocycles. The predicted molar refractivity (Wildman–Crippen MR) is 54.3 cm³/mol. The fraction of sp³-hybridized carbons (Fsp3) is 1.00. The van der Waals surface area contributed by atoms with Crippen LogP contribution in [-0.4, -0.2) is 12.7 Å². The third-order valence-electron chi connectivity index (χ3n) is 3.34. The molecule has 0 aromatic rings. The average molecular weight is 187 g/mol. The average Bonchev–Trinajstić information content (AvgIpc) is 2.18. The summed E-state index contributed by atoms with van der Waals surface area (Å²) in [6.45, 7) is 4.32. The second-order valence-electron chi connectivity index (χ2n) is 4.99. The van der Waals surface area contributed by atoms with Crippen molar-refractivity contribution in [1.82, 2.24) is 0 Å². The van der Waals surface area contributed by atoms with Gasteiger partial charge in [-0.2, -0.15) is 0 Å². The number of alkyl halides is 1. The molecule has 13 heavy (non-hydrogen) atoms. The first kappa shape index (κ1) is 11.0. The lowest BCUT2D eigenvalue weighted by Crippen LogP contribution is -2.39. The molecule has 1 fully saturated rings. The fourth-order valence-electron chi connectivity index (χ4n) is 2.18. The van der Waals surface area contributed by atoms with Gasteiger partial charge in [-0.15, -0.1) is 0 Å². The molecule has 1 rings (SSSR count). The number of rotatable bonds is 3. The van der Waals surface area contributed by atoms with Crippen LogP contribution in [0.4, 0.5) is 4.39 Å². The zero-order valence-electron chi connectivity index (χ0n) is 8.85. The smallest absolute Gasteiger partial charge is 0.109 e. The lowest BCUT2D eigenvalue weighted by molar-refractivity contribution is 0.0684. The van der Waals surface area contributed by atoms with Gasteiger partial charge in [0.15, 0.2) is 0 Å². The zero-order valence-corrected chi connectivity index (χ0v) is 8.85. The maximum Gasteiger partial charge on any atom is 0.109 e. The van der Waals surface area contributed by atoms with E-state index in [1.165, 1.54) is 19.3 Å². The standard InChI is InChI=1S/C11H22FN/c1-11(2,8-13)10(12)9-6-4-3-5-7-9/h9-10H,3-8,13H2,1-2H3. The van der Waals surface area contributed by atoms with Crippen molar-refractivity contribution in [2.24, 2.45) is 17.1 Å². The molecule has 0 spiro atoms. The number of nitrogens with two attached hydrogens (primary N) is 1. The first-order valence-corrected chi connectivity index (χ1v) is 5.42. The van der Waals surface area contributed by atoms with Crippen LogP contribution in [-0.2, 0) is 0 Å². The molecule has 0 aliphatic heterocycles. The second-order valence-corrected chi connectivity index (χ2v) is 4.99. The Morgan fingerprint density at radius 1 is 1.31 bits per heavy atom. The number of halogens is 1. The summed E-state index contributed by atoms with van der Waals surface area (Å²) in [5.74, 6) is 0.271. The fourth-order valence-corrected chi connectivity index (χ4v) is 2.18. The monoisotopic (exact) mass is 187 g/mol. The lowest BCUT2D eigenvalue weighted by Gasteiger charge is -2.35. The van der Waals surface area contributed by atoms with E-state index >= 15 is 0 Å². The summed E-state index contributed by atoms with van der Waals surface area (Å²) in [5.41, 5.74) is 5.24. The van der Waals surface area contributed by atoms with Crippen molar-refractivity contribution in [2.75, 3.05) is 6.54 Å². The highest BCUT2D eigenvalue weighted by atomic mass is 19.1. The van der Waals surface area contributed by atoms with Crippen LogP contribution in [0.3, 0.4) is 0 Å².